The number of hydrogen-bond acceptors (Lipinski definition) is 3. The molecule has 3 heteroatoms. The largest absolute Gasteiger partial charge is 0.463 e. The lowest BCUT2D eigenvalue weighted by Crippen LogP contribution is -2.16. The van der Waals surface area contributed by atoms with E-state index in [1.807, 2.05) is 0 Å². The van der Waals surface area contributed by atoms with E-state index in [4.69, 9.17) is 5.11 Å². The van der Waals surface area contributed by atoms with Crippen molar-refractivity contribution < 1.29 is 14.6 Å². The highest BCUT2D eigenvalue weighted by atomic mass is 16.5. The number of aliphatic hydroxyl groups is 1. The summed E-state index contributed by atoms with van der Waals surface area (Å²) in [5.41, 5.74) is 0. The van der Waals surface area contributed by atoms with E-state index >= 15 is 0 Å². The van der Waals surface area contributed by atoms with E-state index in [1.54, 1.807) is 6.08 Å². The Hall–Kier alpha value is -0.830. The van der Waals surface area contributed by atoms with Crippen LogP contribution in [-0.4, -0.2) is 23.8 Å². The number of aliphatic hydroxyl groups excluding tert-OH is 1. The summed E-state index contributed by atoms with van der Waals surface area (Å²) >= 11 is 0. The predicted octanol–water partition coefficient (Wildman–Crippen LogP) is 0.877. The van der Waals surface area contributed by atoms with Crippen LogP contribution in [0.1, 0.15) is 19.8 Å². The van der Waals surface area contributed by atoms with Crippen molar-refractivity contribution in [3.8, 4) is 0 Å². The van der Waals surface area contributed by atoms with Crippen LogP contribution in [0.5, 0.6) is 0 Å². The minimum Gasteiger partial charge on any atom is -0.463 e. The fourth-order valence-corrected chi connectivity index (χ4v) is 0.607. The molecule has 0 rings (SSSR count). The lowest BCUT2D eigenvalue weighted by atomic mass is 10.2. The number of allylic oxidation sites excluding steroid dienone is 1. The molecule has 0 aromatic heterocycles. The monoisotopic (exact) mass is 158 g/mol. The van der Waals surface area contributed by atoms with E-state index in [9.17, 15) is 4.79 Å². The summed E-state index contributed by atoms with van der Waals surface area (Å²) < 4.78 is 4.58. The van der Waals surface area contributed by atoms with Gasteiger partial charge in [-0.15, -0.1) is 6.58 Å². The minimum atomic E-state index is -0.558. The predicted molar refractivity (Wildman–Crippen MR) is 42.1 cm³/mol. The molecule has 0 radical (unpaired) electrons. The van der Waals surface area contributed by atoms with Crippen molar-refractivity contribution >= 4 is 5.97 Å². The Kier molecular flexibility index (Phi) is 5.47. The molecular weight excluding hydrogens is 144 g/mol. The summed E-state index contributed by atoms with van der Waals surface area (Å²) in [6, 6.07) is 0. The molecule has 0 aliphatic carbocycles. The number of hydrogen-bond donors (Lipinski definition) is 1. The summed E-state index contributed by atoms with van der Waals surface area (Å²) in [4.78, 5) is 10.3. The van der Waals surface area contributed by atoms with Gasteiger partial charge in [-0.3, -0.25) is 4.79 Å². The molecule has 0 aliphatic rings. The fraction of sp³-hybridized carbons (Fsp3) is 0.625. The maximum atomic E-state index is 10.3. The molecule has 0 saturated heterocycles. The van der Waals surface area contributed by atoms with Crippen molar-refractivity contribution in [1.29, 1.82) is 0 Å². The third kappa shape index (κ3) is 7.06. The number of carbonyl (C=O) groups is 1. The lowest BCUT2D eigenvalue weighted by Gasteiger charge is -2.07. The van der Waals surface area contributed by atoms with Crippen LogP contribution in [0.4, 0.5) is 0 Å². The van der Waals surface area contributed by atoms with Crippen molar-refractivity contribution in [3.63, 3.8) is 0 Å². The van der Waals surface area contributed by atoms with Gasteiger partial charge in [0, 0.05) is 6.92 Å². The highest BCUT2D eigenvalue weighted by Gasteiger charge is 2.03. The molecule has 0 aliphatic heterocycles. The lowest BCUT2D eigenvalue weighted by molar-refractivity contribution is -0.144. The third-order valence-corrected chi connectivity index (χ3v) is 1.18. The molecule has 3 nitrogen and oxygen atoms in total. The van der Waals surface area contributed by atoms with Gasteiger partial charge >= 0.3 is 5.97 Å². The van der Waals surface area contributed by atoms with Gasteiger partial charge < -0.3 is 9.84 Å². The Morgan fingerprint density at radius 3 is 2.91 bits per heavy atom. The molecule has 0 bridgehead atoms. The van der Waals surface area contributed by atoms with Crippen molar-refractivity contribution in [2.75, 3.05) is 6.61 Å². The fourth-order valence-electron chi connectivity index (χ4n) is 0.607. The standard InChI is InChI=1S/C8H14O3/c1-3-4-5-8(10)6-11-7(2)9/h3,8,10H,1,4-6H2,2H3. The number of carbonyl (C=O) groups excluding carboxylic acids is 1. The third-order valence-electron chi connectivity index (χ3n) is 1.18. The maximum absolute atomic E-state index is 10.3. The number of rotatable bonds is 5. The van der Waals surface area contributed by atoms with Crippen molar-refractivity contribution in [1.82, 2.24) is 0 Å². The molecule has 11 heavy (non-hydrogen) atoms. The SMILES string of the molecule is C=CCCC(O)COC(C)=O. The van der Waals surface area contributed by atoms with Gasteiger partial charge in [-0.25, -0.2) is 0 Å². The highest BCUT2D eigenvalue weighted by molar-refractivity contribution is 5.65. The van der Waals surface area contributed by atoms with Gasteiger partial charge in [0.2, 0.25) is 0 Å². The van der Waals surface area contributed by atoms with Gasteiger partial charge in [-0.1, -0.05) is 6.08 Å². The van der Waals surface area contributed by atoms with E-state index < -0.39 is 6.10 Å². The van der Waals surface area contributed by atoms with Crippen LogP contribution in [0.15, 0.2) is 12.7 Å². The van der Waals surface area contributed by atoms with Crippen LogP contribution in [-0.2, 0) is 9.53 Å². The molecule has 0 spiro atoms. The summed E-state index contributed by atoms with van der Waals surface area (Å²) in [5, 5.41) is 9.10. The molecule has 0 fully saturated rings. The molecule has 1 unspecified atom stereocenters. The average Bonchev–Trinajstić information content (AvgIpc) is 1.97. The maximum Gasteiger partial charge on any atom is 0.302 e. The average molecular weight is 158 g/mol. The van der Waals surface area contributed by atoms with Crippen molar-refractivity contribution in [2.24, 2.45) is 0 Å². The number of ether oxygens (including phenoxy) is 1. The second-order valence-corrected chi connectivity index (χ2v) is 2.32. The molecule has 0 heterocycles. The first-order chi connectivity index (χ1) is 5.16. The van der Waals surface area contributed by atoms with E-state index in [0.29, 0.717) is 6.42 Å². The number of esters is 1. The van der Waals surface area contributed by atoms with Crippen molar-refractivity contribution in [2.45, 2.75) is 25.9 Å². The van der Waals surface area contributed by atoms with Crippen LogP contribution in [0.3, 0.4) is 0 Å². The van der Waals surface area contributed by atoms with Gasteiger partial charge in [0.05, 0.1) is 6.10 Å². The smallest absolute Gasteiger partial charge is 0.302 e. The molecule has 0 aromatic rings. The van der Waals surface area contributed by atoms with Gasteiger partial charge in [-0.05, 0) is 12.8 Å². The molecule has 64 valence electrons. The summed E-state index contributed by atoms with van der Waals surface area (Å²) in [7, 11) is 0. The summed E-state index contributed by atoms with van der Waals surface area (Å²) in [5.74, 6) is -0.359. The van der Waals surface area contributed by atoms with Crippen LogP contribution >= 0.6 is 0 Å². The molecule has 0 aromatic carbocycles. The van der Waals surface area contributed by atoms with Crippen LogP contribution in [0.2, 0.25) is 0 Å². The Balaban J connectivity index is 3.28. The molecule has 0 amide bonds. The normalized spacial score (nSPS) is 12.2. The van der Waals surface area contributed by atoms with Gasteiger partial charge in [0.15, 0.2) is 0 Å². The van der Waals surface area contributed by atoms with Crippen LogP contribution in [0.25, 0.3) is 0 Å². The van der Waals surface area contributed by atoms with E-state index in [2.05, 4.69) is 11.3 Å². The zero-order chi connectivity index (χ0) is 8.69. The molecule has 1 atom stereocenters. The highest BCUT2D eigenvalue weighted by Crippen LogP contribution is 1.97. The molecular formula is C8H14O3. The van der Waals surface area contributed by atoms with E-state index in [-0.39, 0.29) is 12.6 Å². The van der Waals surface area contributed by atoms with Crippen LogP contribution < -0.4 is 0 Å². The second kappa shape index (κ2) is 5.92. The molecule has 1 N–H and O–H groups in total. The zero-order valence-corrected chi connectivity index (χ0v) is 6.75. The van der Waals surface area contributed by atoms with E-state index in [0.717, 1.165) is 6.42 Å². The zero-order valence-electron chi connectivity index (χ0n) is 6.75. The van der Waals surface area contributed by atoms with Crippen LogP contribution in [0, 0.1) is 0 Å². The Bertz CT molecular complexity index is 131. The Morgan fingerprint density at radius 1 is 1.82 bits per heavy atom. The Labute approximate surface area is 66.7 Å². The summed E-state index contributed by atoms with van der Waals surface area (Å²) in [6.45, 7) is 4.92. The first-order valence-electron chi connectivity index (χ1n) is 3.59. The first-order valence-corrected chi connectivity index (χ1v) is 3.59. The van der Waals surface area contributed by atoms with E-state index in [1.165, 1.54) is 6.92 Å². The minimum absolute atomic E-state index is 0.0865. The quantitative estimate of drug-likeness (QED) is 0.477. The Morgan fingerprint density at radius 2 is 2.45 bits per heavy atom. The second-order valence-electron chi connectivity index (χ2n) is 2.32. The summed E-state index contributed by atoms with van der Waals surface area (Å²) in [6.07, 6.45) is 2.49. The topological polar surface area (TPSA) is 46.5 Å². The van der Waals surface area contributed by atoms with Gasteiger partial charge in [0.25, 0.3) is 0 Å². The van der Waals surface area contributed by atoms with Gasteiger partial charge in [0.1, 0.15) is 6.61 Å². The first kappa shape index (κ1) is 10.2. The van der Waals surface area contributed by atoms with Gasteiger partial charge in [-0.2, -0.15) is 0 Å². The van der Waals surface area contributed by atoms with Crippen molar-refractivity contribution in [3.05, 3.63) is 12.7 Å². The molecule has 0 saturated carbocycles.